The monoisotopic (exact) mass is 959 g/mol. The Morgan fingerprint density at radius 2 is 1.40 bits per heavy atom. The lowest BCUT2D eigenvalue weighted by molar-refractivity contribution is -0.127. The second kappa shape index (κ2) is 21.0. The smallest absolute Gasteiger partial charge is 0.253 e. The van der Waals surface area contributed by atoms with Crippen molar-refractivity contribution >= 4 is 63.1 Å². The molecule has 3 aromatic heterocycles. The highest BCUT2D eigenvalue weighted by molar-refractivity contribution is 7.15. The molecule has 4 N–H and O–H groups in total. The Morgan fingerprint density at radius 1 is 0.821 bits per heavy atom. The highest BCUT2D eigenvalue weighted by Crippen LogP contribution is 2.37. The van der Waals surface area contributed by atoms with E-state index in [-0.39, 0.29) is 36.9 Å². The fourth-order valence-corrected chi connectivity index (χ4v) is 9.60. The van der Waals surface area contributed by atoms with E-state index in [4.69, 9.17) is 33.7 Å². The van der Waals surface area contributed by atoms with Crippen LogP contribution in [0.2, 0.25) is 10.0 Å². The number of nitrogens with zero attached hydrogens (tertiary/aromatic N) is 8. The molecule has 4 aromatic carbocycles. The Hall–Kier alpha value is -6.46. The Kier molecular flexibility index (Phi) is 14.8. The van der Waals surface area contributed by atoms with Crippen molar-refractivity contribution < 1.29 is 19.1 Å². The number of ether oxygens (including phenoxy) is 1. The predicted molar refractivity (Wildman–Crippen MR) is 261 cm³/mol. The molecule has 3 amide bonds. The minimum atomic E-state index is -0.228. The molecule has 9 rings (SSSR count). The van der Waals surface area contributed by atoms with Gasteiger partial charge in [0.25, 0.3) is 17.7 Å². The summed E-state index contributed by atoms with van der Waals surface area (Å²) in [6.45, 7) is 9.38. The summed E-state index contributed by atoms with van der Waals surface area (Å²) in [6.07, 6.45) is 10.4. The van der Waals surface area contributed by atoms with E-state index < -0.39 is 0 Å². The third-order valence-corrected chi connectivity index (χ3v) is 12.7. The molecule has 18 heteroatoms. The molecule has 15 nitrogen and oxygen atoms in total. The van der Waals surface area contributed by atoms with Crippen LogP contribution in [0, 0.1) is 25.7 Å². The second-order valence-corrected chi connectivity index (χ2v) is 19.3. The summed E-state index contributed by atoms with van der Waals surface area (Å²) in [6, 6.07) is 22.2. The van der Waals surface area contributed by atoms with Crippen LogP contribution in [0.1, 0.15) is 81.0 Å². The number of benzene rings is 4. The van der Waals surface area contributed by atoms with Crippen molar-refractivity contribution in [2.45, 2.75) is 72.5 Å². The summed E-state index contributed by atoms with van der Waals surface area (Å²) < 4.78 is 8.80. The molecule has 7 aromatic rings. The van der Waals surface area contributed by atoms with Crippen LogP contribution in [0.4, 0.5) is 10.8 Å². The first-order valence-electron chi connectivity index (χ1n) is 22.0. The lowest BCUT2D eigenvalue weighted by Crippen LogP contribution is -2.50. The molecule has 1 aliphatic carbocycles. The van der Waals surface area contributed by atoms with Gasteiger partial charge in [-0.05, 0) is 134 Å². The van der Waals surface area contributed by atoms with Gasteiger partial charge in [0.1, 0.15) is 31.9 Å². The molecule has 0 bridgehead atoms. The number of carbonyl (C=O) groups excluding carboxylic acids is 3. The summed E-state index contributed by atoms with van der Waals surface area (Å²) in [5.41, 5.74) is 14.7. The molecule has 1 saturated carbocycles. The van der Waals surface area contributed by atoms with Gasteiger partial charge in [-0.1, -0.05) is 49.9 Å². The van der Waals surface area contributed by atoms with Crippen LogP contribution >= 0.6 is 34.5 Å². The van der Waals surface area contributed by atoms with Gasteiger partial charge in [-0.2, -0.15) is 10.2 Å². The SMILES string of the molecule is Cc1cc(C(=O)NCc2cc(Cl)ccc2-n2cncn2)cc(-c2nc(N)sc2CC(C)C)c1.Cc1cc(C(=O)NCc2cc(Cl)ccc2-n2cncn2)cc(N2C(=O)COCC2CC2CC2)c1. The minimum Gasteiger partial charge on any atom is -0.375 e. The van der Waals surface area contributed by atoms with E-state index in [2.05, 4.69) is 49.6 Å². The van der Waals surface area contributed by atoms with Gasteiger partial charge in [-0.3, -0.25) is 14.4 Å². The number of anilines is 2. The van der Waals surface area contributed by atoms with Gasteiger partial charge in [0.05, 0.1) is 29.7 Å². The molecule has 0 radical (unpaired) electrons. The number of nitrogens with one attached hydrogen (secondary N) is 2. The number of rotatable bonds is 14. The number of hydrogen-bond acceptors (Lipinski definition) is 11. The van der Waals surface area contributed by atoms with Gasteiger partial charge >= 0.3 is 0 Å². The molecule has 2 fully saturated rings. The maximum absolute atomic E-state index is 13.1. The Balaban J connectivity index is 0.000000182. The average molecular weight is 961 g/mol. The number of carbonyl (C=O) groups is 3. The van der Waals surface area contributed by atoms with Gasteiger partial charge < -0.3 is 26.0 Å². The van der Waals surface area contributed by atoms with E-state index >= 15 is 0 Å². The molecule has 2 aliphatic rings. The average Bonchev–Trinajstić information content (AvgIpc) is 3.62. The number of halogens is 2. The normalized spacial score (nSPS) is 14.8. The molecule has 1 atom stereocenters. The zero-order valence-electron chi connectivity index (χ0n) is 37.6. The molecule has 67 heavy (non-hydrogen) atoms. The summed E-state index contributed by atoms with van der Waals surface area (Å²) in [5.74, 6) is 0.664. The lowest BCUT2D eigenvalue weighted by atomic mass is 10.0. The quantitative estimate of drug-likeness (QED) is 0.0951. The predicted octanol–water partition coefficient (Wildman–Crippen LogP) is 8.75. The number of nitrogens with two attached hydrogens (primary N) is 1. The Morgan fingerprint density at radius 3 is 1.96 bits per heavy atom. The van der Waals surface area contributed by atoms with Crippen molar-refractivity contribution in [1.29, 1.82) is 0 Å². The maximum Gasteiger partial charge on any atom is 0.253 e. The van der Waals surface area contributed by atoms with Crippen LogP contribution < -0.4 is 21.3 Å². The van der Waals surface area contributed by atoms with Crippen molar-refractivity contribution in [3.8, 4) is 22.6 Å². The van der Waals surface area contributed by atoms with Crippen LogP contribution in [0.5, 0.6) is 0 Å². The fraction of sp³-hybridized carbons (Fsp3) is 0.306. The first kappa shape index (κ1) is 47.0. The van der Waals surface area contributed by atoms with Crippen molar-refractivity contribution in [1.82, 2.24) is 45.1 Å². The van der Waals surface area contributed by atoms with Crippen LogP contribution in [0.15, 0.2) is 98.1 Å². The Bertz CT molecular complexity index is 2880. The van der Waals surface area contributed by atoms with E-state index in [9.17, 15) is 14.4 Å². The largest absolute Gasteiger partial charge is 0.375 e. The third-order valence-electron chi connectivity index (χ3n) is 11.3. The number of morpholine rings is 1. The van der Waals surface area contributed by atoms with Crippen molar-refractivity contribution in [2.24, 2.45) is 11.8 Å². The van der Waals surface area contributed by atoms with Gasteiger partial charge in [0, 0.05) is 50.4 Å². The molecule has 4 heterocycles. The first-order chi connectivity index (χ1) is 32.3. The number of amides is 3. The molecule has 1 aliphatic heterocycles. The molecule has 1 unspecified atom stereocenters. The number of aromatic nitrogens is 7. The summed E-state index contributed by atoms with van der Waals surface area (Å²) in [5, 5.41) is 16.0. The van der Waals surface area contributed by atoms with Crippen molar-refractivity contribution in [2.75, 3.05) is 23.8 Å². The molecular weight excluding hydrogens is 910 g/mol. The highest BCUT2D eigenvalue weighted by atomic mass is 35.5. The van der Waals surface area contributed by atoms with Gasteiger partial charge in [-0.25, -0.2) is 24.3 Å². The number of thiazole rings is 1. The van der Waals surface area contributed by atoms with Crippen LogP contribution in [0.25, 0.3) is 22.6 Å². The van der Waals surface area contributed by atoms with E-state index in [1.165, 1.54) is 36.8 Å². The molecule has 1 saturated heterocycles. The van der Waals surface area contributed by atoms with Gasteiger partial charge in [-0.15, -0.1) is 11.3 Å². The van der Waals surface area contributed by atoms with Crippen LogP contribution in [0.3, 0.4) is 0 Å². The van der Waals surface area contributed by atoms with E-state index in [1.807, 2.05) is 67.3 Å². The van der Waals surface area contributed by atoms with Gasteiger partial charge in [0.15, 0.2) is 5.13 Å². The Labute approximate surface area is 402 Å². The topological polar surface area (TPSA) is 188 Å². The first-order valence-corrected chi connectivity index (χ1v) is 23.6. The summed E-state index contributed by atoms with van der Waals surface area (Å²) in [4.78, 5) is 54.5. The van der Waals surface area contributed by atoms with E-state index in [1.54, 1.807) is 46.3 Å². The van der Waals surface area contributed by atoms with Crippen LogP contribution in [-0.4, -0.2) is 71.5 Å². The van der Waals surface area contributed by atoms with Crippen LogP contribution in [-0.2, 0) is 29.0 Å². The van der Waals surface area contributed by atoms with Crippen molar-refractivity contribution in [3.05, 3.63) is 146 Å². The molecule has 346 valence electrons. The zero-order valence-corrected chi connectivity index (χ0v) is 39.9. The van der Waals surface area contributed by atoms with Gasteiger partial charge in [0.2, 0.25) is 0 Å². The zero-order chi connectivity index (χ0) is 47.2. The summed E-state index contributed by atoms with van der Waals surface area (Å²) in [7, 11) is 0. The van der Waals surface area contributed by atoms with Crippen molar-refractivity contribution in [3.63, 3.8) is 0 Å². The maximum atomic E-state index is 13.1. The number of nitrogen functional groups attached to an aromatic ring is 1. The number of hydrogen-bond donors (Lipinski definition) is 3. The standard InChI is InChI=1S/C25H26ClN5O3.C24H25ClN6OS/c1-16-6-18(10-21(7-16)31-22(8-17-2-3-17)12-34-13-24(31)32)25(33)28-11-19-9-20(26)4-5-23(19)30-15-27-14-29-30;1-14(2)6-21-22(30-24(26)33-21)16-7-15(3)8-17(9-16)23(32)28-11-18-10-19(25)4-5-20(18)31-13-27-12-29-31/h4-7,9-10,14-15,17,22H,2-3,8,11-13H2,1H3,(H,28,33);4-5,7-10,12-14H,6,11H2,1-3H3,(H2,26,30)(H,28,32). The van der Waals surface area contributed by atoms with E-state index in [0.29, 0.717) is 51.3 Å². The van der Waals surface area contributed by atoms with E-state index in [0.717, 1.165) is 68.3 Å². The summed E-state index contributed by atoms with van der Waals surface area (Å²) >= 11 is 13.9. The second-order valence-electron chi connectivity index (χ2n) is 17.3. The third kappa shape index (κ3) is 11.9. The minimum absolute atomic E-state index is 0.00293. The molecular formula is C49H51Cl2N11O4S. The highest BCUT2D eigenvalue weighted by Gasteiger charge is 2.35. The number of aryl methyl sites for hydroxylation is 2. The molecule has 0 spiro atoms. The fourth-order valence-electron chi connectivity index (χ4n) is 8.14. The lowest BCUT2D eigenvalue weighted by Gasteiger charge is -2.36.